The molecule has 2 amide bonds. The zero-order valence-corrected chi connectivity index (χ0v) is 19.0. The molecule has 0 fully saturated rings. The van der Waals surface area contributed by atoms with E-state index < -0.39 is 27.7 Å². The summed E-state index contributed by atoms with van der Waals surface area (Å²) in [6.07, 6.45) is 2.24. The van der Waals surface area contributed by atoms with Crippen LogP contribution in [0.15, 0.2) is 70.5 Å². The van der Waals surface area contributed by atoms with Crippen LogP contribution in [0.25, 0.3) is 5.52 Å². The maximum absolute atomic E-state index is 12.8. The number of nitrogens with one attached hydrogen (secondary N) is 3. The molecular formula is C22H27N5O5S. The molecule has 5 N–H and O–H groups in total. The molecule has 176 valence electrons. The lowest BCUT2D eigenvalue weighted by atomic mass is 10.3. The van der Waals surface area contributed by atoms with Gasteiger partial charge in [-0.15, -0.1) is 0 Å². The van der Waals surface area contributed by atoms with Crippen LogP contribution in [0.3, 0.4) is 0 Å². The lowest BCUT2D eigenvalue weighted by Gasteiger charge is -2.15. The fourth-order valence-corrected chi connectivity index (χ4v) is 4.28. The lowest BCUT2D eigenvalue weighted by Crippen LogP contribution is -2.43. The van der Waals surface area contributed by atoms with E-state index in [1.54, 1.807) is 49.5 Å². The topological polar surface area (TPSA) is 144 Å². The van der Waals surface area contributed by atoms with Crippen LogP contribution in [0.1, 0.15) is 13.3 Å². The minimum Gasteiger partial charge on any atom is -0.492 e. The first-order chi connectivity index (χ1) is 15.8. The van der Waals surface area contributed by atoms with E-state index in [1.165, 1.54) is 22.6 Å². The average Bonchev–Trinajstić information content (AvgIpc) is 2.80. The monoisotopic (exact) mass is 473 g/mol. The van der Waals surface area contributed by atoms with Crippen molar-refractivity contribution >= 4 is 27.3 Å². The summed E-state index contributed by atoms with van der Waals surface area (Å²) in [5.41, 5.74) is 5.74. The summed E-state index contributed by atoms with van der Waals surface area (Å²) in [4.78, 5) is 25.2. The number of urea groups is 1. The fourth-order valence-electron chi connectivity index (χ4n) is 3.01. The number of nitrogens with two attached hydrogens (primary N) is 1. The molecule has 0 aliphatic rings. The number of nitrogens with zero attached hydrogens (tertiary/aromatic N) is 1. The van der Waals surface area contributed by atoms with E-state index in [2.05, 4.69) is 15.4 Å². The van der Waals surface area contributed by atoms with E-state index in [4.69, 9.17) is 10.5 Å². The van der Waals surface area contributed by atoms with Crippen molar-refractivity contribution in [2.45, 2.75) is 24.3 Å². The number of ether oxygens (including phenoxy) is 1. The summed E-state index contributed by atoms with van der Waals surface area (Å²) < 4.78 is 34.2. The molecule has 2 heterocycles. The smallest absolute Gasteiger partial charge is 0.319 e. The van der Waals surface area contributed by atoms with Gasteiger partial charge in [0.25, 0.3) is 5.56 Å². The van der Waals surface area contributed by atoms with E-state index in [0.717, 1.165) is 0 Å². The van der Waals surface area contributed by atoms with Gasteiger partial charge in [0.2, 0.25) is 10.0 Å². The van der Waals surface area contributed by atoms with Crippen LogP contribution in [0.4, 0.5) is 10.5 Å². The van der Waals surface area contributed by atoms with Gasteiger partial charge in [-0.2, -0.15) is 0 Å². The van der Waals surface area contributed by atoms with Gasteiger partial charge < -0.3 is 21.1 Å². The standard InChI is InChI=1S/C22H27N5O5S/c1-16(26-33(30,31)19-6-3-2-4-7-19)14-24-22(29)25-20-11-9-17-8-10-18(32-13-5-12-23)15-27(17)21(20)28/h2-4,6-11,15-16,26H,5,12-14,23H2,1H3,(H2,24,25,29). The molecule has 0 aliphatic carbocycles. The minimum atomic E-state index is -3.70. The van der Waals surface area contributed by atoms with E-state index >= 15 is 0 Å². The molecule has 1 unspecified atom stereocenters. The van der Waals surface area contributed by atoms with Crippen molar-refractivity contribution in [3.8, 4) is 5.75 Å². The number of carbonyl (C=O) groups excluding carboxylic acids is 1. The van der Waals surface area contributed by atoms with E-state index in [1.807, 2.05) is 0 Å². The normalized spacial score (nSPS) is 12.3. The summed E-state index contributed by atoms with van der Waals surface area (Å²) in [7, 11) is -3.70. The van der Waals surface area contributed by atoms with Crippen molar-refractivity contribution in [2.24, 2.45) is 5.73 Å². The third-order valence-corrected chi connectivity index (χ3v) is 6.27. The Kier molecular flexibility index (Phi) is 8.04. The molecule has 0 saturated carbocycles. The van der Waals surface area contributed by atoms with Gasteiger partial charge in [-0.25, -0.2) is 17.9 Å². The van der Waals surface area contributed by atoms with Crippen LogP contribution >= 0.6 is 0 Å². The number of carbonyl (C=O) groups is 1. The molecule has 1 atom stereocenters. The zero-order valence-electron chi connectivity index (χ0n) is 18.2. The first-order valence-corrected chi connectivity index (χ1v) is 11.9. The van der Waals surface area contributed by atoms with E-state index in [-0.39, 0.29) is 17.1 Å². The van der Waals surface area contributed by atoms with Crippen molar-refractivity contribution in [1.29, 1.82) is 0 Å². The molecule has 33 heavy (non-hydrogen) atoms. The van der Waals surface area contributed by atoms with Crippen molar-refractivity contribution in [1.82, 2.24) is 14.4 Å². The first-order valence-electron chi connectivity index (χ1n) is 10.4. The number of fused-ring (bicyclic) bond motifs is 1. The van der Waals surface area contributed by atoms with Crippen molar-refractivity contribution in [3.63, 3.8) is 0 Å². The quantitative estimate of drug-likeness (QED) is 0.329. The number of pyridine rings is 2. The summed E-state index contributed by atoms with van der Waals surface area (Å²) in [5, 5.41) is 5.07. The maximum Gasteiger partial charge on any atom is 0.319 e. The number of aromatic nitrogens is 1. The minimum absolute atomic E-state index is 0.0198. The van der Waals surface area contributed by atoms with Crippen molar-refractivity contribution in [3.05, 3.63) is 71.1 Å². The Bertz CT molecular complexity index is 1260. The SMILES string of the molecule is CC(CNC(=O)Nc1ccc2ccc(OCCCN)cn2c1=O)NS(=O)(=O)c1ccccc1. The number of rotatable bonds is 10. The number of amides is 2. The molecule has 0 radical (unpaired) electrons. The summed E-state index contributed by atoms with van der Waals surface area (Å²) in [6.45, 7) is 2.58. The maximum atomic E-state index is 12.8. The number of anilines is 1. The first kappa shape index (κ1) is 24.2. The largest absolute Gasteiger partial charge is 0.492 e. The van der Waals surface area contributed by atoms with Crippen LogP contribution in [0.2, 0.25) is 0 Å². The number of sulfonamides is 1. The molecule has 0 aliphatic heterocycles. The molecule has 0 spiro atoms. The van der Waals surface area contributed by atoms with Gasteiger partial charge >= 0.3 is 6.03 Å². The van der Waals surface area contributed by atoms with Gasteiger partial charge in [-0.3, -0.25) is 9.20 Å². The highest BCUT2D eigenvalue weighted by Gasteiger charge is 2.17. The Balaban J connectivity index is 1.61. The Morgan fingerprint density at radius 2 is 1.85 bits per heavy atom. The van der Waals surface area contributed by atoms with Crippen LogP contribution in [-0.2, 0) is 10.0 Å². The summed E-state index contributed by atoms with van der Waals surface area (Å²) in [5.74, 6) is 0.513. The van der Waals surface area contributed by atoms with Gasteiger partial charge in [0.15, 0.2) is 0 Å². The Labute approximate surface area is 191 Å². The third-order valence-electron chi connectivity index (χ3n) is 4.67. The second-order valence-corrected chi connectivity index (χ2v) is 9.09. The highest BCUT2D eigenvalue weighted by atomic mass is 32.2. The Hall–Kier alpha value is -3.41. The molecule has 0 saturated heterocycles. The zero-order chi connectivity index (χ0) is 23.8. The molecule has 3 rings (SSSR count). The number of benzene rings is 1. The summed E-state index contributed by atoms with van der Waals surface area (Å²) in [6, 6.07) is 13.4. The van der Waals surface area contributed by atoms with Gasteiger partial charge in [-0.1, -0.05) is 18.2 Å². The van der Waals surface area contributed by atoms with E-state index in [0.29, 0.717) is 30.8 Å². The lowest BCUT2D eigenvalue weighted by molar-refractivity contribution is 0.251. The molecule has 1 aromatic carbocycles. The molecular weight excluding hydrogens is 446 g/mol. The second kappa shape index (κ2) is 10.9. The van der Waals surface area contributed by atoms with Crippen molar-refractivity contribution < 1.29 is 17.9 Å². The second-order valence-electron chi connectivity index (χ2n) is 7.37. The predicted molar refractivity (Wildman–Crippen MR) is 126 cm³/mol. The van der Waals surface area contributed by atoms with Crippen LogP contribution in [-0.4, -0.2) is 44.6 Å². The number of hydrogen-bond acceptors (Lipinski definition) is 6. The molecule has 10 nitrogen and oxygen atoms in total. The average molecular weight is 474 g/mol. The van der Waals surface area contributed by atoms with Gasteiger partial charge in [-0.05, 0) is 56.3 Å². The third kappa shape index (κ3) is 6.54. The predicted octanol–water partition coefficient (Wildman–Crippen LogP) is 1.52. The molecule has 2 aromatic heterocycles. The van der Waals surface area contributed by atoms with Crippen LogP contribution in [0.5, 0.6) is 5.75 Å². The van der Waals surface area contributed by atoms with Crippen LogP contribution < -0.4 is 31.4 Å². The molecule has 3 aromatic rings. The molecule has 0 bridgehead atoms. The van der Waals surface area contributed by atoms with Crippen LogP contribution in [0, 0.1) is 0 Å². The fraction of sp³-hybridized carbons (Fsp3) is 0.273. The summed E-state index contributed by atoms with van der Waals surface area (Å²) >= 11 is 0. The van der Waals surface area contributed by atoms with Gasteiger partial charge in [0.05, 0.1) is 17.7 Å². The Morgan fingerprint density at radius 1 is 1.12 bits per heavy atom. The van der Waals surface area contributed by atoms with Gasteiger partial charge in [0, 0.05) is 18.1 Å². The Morgan fingerprint density at radius 3 is 2.58 bits per heavy atom. The number of hydrogen-bond donors (Lipinski definition) is 4. The highest BCUT2D eigenvalue weighted by molar-refractivity contribution is 7.89. The van der Waals surface area contributed by atoms with Gasteiger partial charge in [0.1, 0.15) is 11.4 Å². The molecule has 11 heteroatoms. The van der Waals surface area contributed by atoms with E-state index in [9.17, 15) is 18.0 Å². The van der Waals surface area contributed by atoms with Crippen molar-refractivity contribution in [2.75, 3.05) is 25.0 Å². The highest BCUT2D eigenvalue weighted by Crippen LogP contribution is 2.14.